The first-order valence-electron chi connectivity index (χ1n) is 8.74. The summed E-state index contributed by atoms with van der Waals surface area (Å²) in [6.07, 6.45) is 1.95. The molecule has 1 heterocycles. The van der Waals surface area contributed by atoms with E-state index in [1.54, 1.807) is 31.2 Å². The van der Waals surface area contributed by atoms with Crippen LogP contribution in [0.5, 0.6) is 0 Å². The van der Waals surface area contributed by atoms with E-state index in [2.05, 4.69) is 6.58 Å². The van der Waals surface area contributed by atoms with Gasteiger partial charge >= 0.3 is 5.51 Å². The van der Waals surface area contributed by atoms with Crippen LogP contribution in [0, 0.1) is 0 Å². The van der Waals surface area contributed by atoms with E-state index in [9.17, 15) is 26.4 Å². The van der Waals surface area contributed by atoms with Gasteiger partial charge < -0.3 is 4.90 Å². The van der Waals surface area contributed by atoms with Crippen molar-refractivity contribution in [3.8, 4) is 0 Å². The van der Waals surface area contributed by atoms with Crippen molar-refractivity contribution in [2.75, 3.05) is 0 Å². The minimum Gasteiger partial charge on any atom is -0.324 e. The molecule has 0 bridgehead atoms. The Morgan fingerprint density at radius 1 is 1.17 bits per heavy atom. The Morgan fingerprint density at radius 3 is 2.40 bits per heavy atom. The lowest BCUT2D eigenvalue weighted by atomic mass is 10.0. The van der Waals surface area contributed by atoms with Crippen molar-refractivity contribution in [2.24, 2.45) is 0 Å². The normalized spacial score (nSPS) is 17.7. The molecule has 2 aromatic carbocycles. The molecule has 10 heteroatoms. The van der Waals surface area contributed by atoms with Crippen molar-refractivity contribution in [3.63, 3.8) is 0 Å². The topological polar surface area (TPSA) is 54.5 Å². The quantitative estimate of drug-likeness (QED) is 0.487. The van der Waals surface area contributed by atoms with E-state index in [1.807, 2.05) is 0 Å². The molecule has 2 atom stereocenters. The second-order valence-electron chi connectivity index (χ2n) is 6.80. The van der Waals surface area contributed by atoms with Gasteiger partial charge in [-0.25, -0.2) is 8.42 Å². The summed E-state index contributed by atoms with van der Waals surface area (Å²) < 4.78 is 62.4. The van der Waals surface area contributed by atoms with E-state index >= 15 is 0 Å². The van der Waals surface area contributed by atoms with Gasteiger partial charge in [0.1, 0.15) is 0 Å². The first kappa shape index (κ1) is 22.7. The first-order valence-corrected chi connectivity index (χ1v) is 11.0. The standard InChI is InChI=1S/C20H16Cl2F3NO3S/c1-3-4-18(12-5-8-16(21)17(22)9-12)26-11(2)15-10-13(6-7-14(15)19(26)27)30(28,29)20(23,24)25/h3,5-11,18H,1,4H2,2H3. The highest BCUT2D eigenvalue weighted by Gasteiger charge is 2.48. The summed E-state index contributed by atoms with van der Waals surface area (Å²) in [5, 5.41) is 0.627. The number of benzene rings is 2. The van der Waals surface area contributed by atoms with Gasteiger partial charge in [0.05, 0.1) is 27.0 Å². The highest BCUT2D eigenvalue weighted by atomic mass is 35.5. The molecule has 0 saturated carbocycles. The molecule has 0 fully saturated rings. The van der Waals surface area contributed by atoms with E-state index in [-0.39, 0.29) is 11.1 Å². The summed E-state index contributed by atoms with van der Waals surface area (Å²) in [6, 6.07) is 6.54. The van der Waals surface area contributed by atoms with Gasteiger partial charge in [0, 0.05) is 5.56 Å². The van der Waals surface area contributed by atoms with Gasteiger partial charge in [-0.05, 0) is 54.8 Å². The maximum Gasteiger partial charge on any atom is 0.501 e. The Bertz CT molecular complexity index is 1130. The Labute approximate surface area is 181 Å². The van der Waals surface area contributed by atoms with Gasteiger partial charge in [-0.2, -0.15) is 13.2 Å². The van der Waals surface area contributed by atoms with Crippen LogP contribution in [-0.2, 0) is 9.84 Å². The van der Waals surface area contributed by atoms with Gasteiger partial charge in [0.2, 0.25) is 0 Å². The number of carbonyl (C=O) groups excluding carboxylic acids is 1. The molecule has 2 aromatic rings. The van der Waals surface area contributed by atoms with Crippen molar-refractivity contribution in [1.29, 1.82) is 0 Å². The minimum absolute atomic E-state index is 0.151. The van der Waals surface area contributed by atoms with E-state index in [1.165, 1.54) is 4.90 Å². The molecule has 0 aromatic heterocycles. The summed E-state index contributed by atoms with van der Waals surface area (Å²) in [5.41, 5.74) is -4.41. The molecule has 2 unspecified atom stereocenters. The summed E-state index contributed by atoms with van der Waals surface area (Å²) in [7, 11) is -5.53. The van der Waals surface area contributed by atoms with E-state index in [0.29, 0.717) is 22.0 Å². The predicted molar refractivity (Wildman–Crippen MR) is 108 cm³/mol. The van der Waals surface area contributed by atoms with Crippen LogP contribution in [0.2, 0.25) is 10.0 Å². The molecule has 0 N–H and O–H groups in total. The molecular formula is C20H16Cl2F3NO3S. The Balaban J connectivity index is 2.07. The van der Waals surface area contributed by atoms with Crippen LogP contribution in [0.25, 0.3) is 0 Å². The number of carbonyl (C=O) groups is 1. The van der Waals surface area contributed by atoms with Crippen molar-refractivity contribution < 1.29 is 26.4 Å². The molecule has 160 valence electrons. The van der Waals surface area contributed by atoms with Crippen molar-refractivity contribution in [2.45, 2.75) is 35.8 Å². The van der Waals surface area contributed by atoms with Gasteiger partial charge in [-0.1, -0.05) is 35.3 Å². The zero-order valence-corrected chi connectivity index (χ0v) is 17.9. The number of hydrogen-bond donors (Lipinski definition) is 0. The van der Waals surface area contributed by atoms with Gasteiger partial charge in [-0.3, -0.25) is 4.79 Å². The molecule has 4 nitrogen and oxygen atoms in total. The number of nitrogens with zero attached hydrogens (tertiary/aromatic N) is 1. The highest BCUT2D eigenvalue weighted by Crippen LogP contribution is 2.43. The molecule has 1 aliphatic rings. The number of alkyl halides is 3. The third kappa shape index (κ3) is 3.72. The number of halogens is 5. The van der Waals surface area contributed by atoms with Crippen LogP contribution < -0.4 is 0 Å². The molecule has 0 saturated heterocycles. The molecule has 0 radical (unpaired) electrons. The van der Waals surface area contributed by atoms with Crippen LogP contribution >= 0.6 is 23.2 Å². The number of rotatable bonds is 5. The lowest BCUT2D eigenvalue weighted by molar-refractivity contribution is -0.0436. The maximum atomic E-state index is 13.1. The number of hydrogen-bond acceptors (Lipinski definition) is 3. The molecule has 1 aliphatic heterocycles. The molecule has 30 heavy (non-hydrogen) atoms. The van der Waals surface area contributed by atoms with Gasteiger partial charge in [0.15, 0.2) is 0 Å². The Morgan fingerprint density at radius 2 is 1.83 bits per heavy atom. The van der Waals surface area contributed by atoms with Gasteiger partial charge in [-0.15, -0.1) is 6.58 Å². The maximum absolute atomic E-state index is 13.1. The molecule has 0 aliphatic carbocycles. The van der Waals surface area contributed by atoms with Crippen LogP contribution in [-0.4, -0.2) is 24.7 Å². The van der Waals surface area contributed by atoms with Crippen molar-refractivity contribution in [1.82, 2.24) is 4.90 Å². The Kier molecular flexibility index (Phi) is 5.97. The lowest BCUT2D eigenvalue weighted by Crippen LogP contribution is -2.31. The molecule has 3 rings (SSSR count). The van der Waals surface area contributed by atoms with Crippen molar-refractivity contribution >= 4 is 38.9 Å². The summed E-state index contributed by atoms with van der Waals surface area (Å²) in [6.45, 7) is 5.34. The molecule has 0 spiro atoms. The average molecular weight is 478 g/mol. The number of amides is 1. The first-order chi connectivity index (χ1) is 13.9. The zero-order valence-electron chi connectivity index (χ0n) is 15.6. The number of fused-ring (bicyclic) bond motifs is 1. The fourth-order valence-electron chi connectivity index (χ4n) is 3.55. The monoisotopic (exact) mass is 477 g/mol. The van der Waals surface area contributed by atoms with Crippen LogP contribution in [0.15, 0.2) is 53.9 Å². The summed E-state index contributed by atoms with van der Waals surface area (Å²) >= 11 is 12.1. The predicted octanol–water partition coefficient (Wildman–Crippen LogP) is 6.12. The lowest BCUT2D eigenvalue weighted by Gasteiger charge is -2.32. The van der Waals surface area contributed by atoms with Gasteiger partial charge in [0.25, 0.3) is 15.7 Å². The SMILES string of the molecule is C=CCC(c1ccc(Cl)c(Cl)c1)N1C(=O)c2ccc(S(=O)(=O)C(F)(F)F)cc2C1C. The largest absolute Gasteiger partial charge is 0.501 e. The third-order valence-electron chi connectivity index (χ3n) is 5.02. The third-order valence-corrected chi connectivity index (χ3v) is 7.25. The Hall–Kier alpha value is -2.03. The minimum atomic E-state index is -5.53. The van der Waals surface area contributed by atoms with E-state index in [0.717, 1.165) is 18.2 Å². The molecular weight excluding hydrogens is 462 g/mol. The zero-order chi connectivity index (χ0) is 22.4. The van der Waals surface area contributed by atoms with E-state index < -0.39 is 38.2 Å². The van der Waals surface area contributed by atoms with E-state index in [4.69, 9.17) is 23.2 Å². The number of sulfone groups is 1. The summed E-state index contributed by atoms with van der Waals surface area (Å²) in [5.74, 6) is -0.425. The summed E-state index contributed by atoms with van der Waals surface area (Å²) in [4.78, 5) is 13.7. The molecule has 1 amide bonds. The van der Waals surface area contributed by atoms with Crippen LogP contribution in [0.1, 0.15) is 46.9 Å². The fraction of sp³-hybridized carbons (Fsp3) is 0.250. The second-order valence-corrected chi connectivity index (χ2v) is 9.56. The van der Waals surface area contributed by atoms with Crippen LogP contribution in [0.3, 0.4) is 0 Å². The average Bonchev–Trinajstić information content (AvgIpc) is 2.91. The highest BCUT2D eigenvalue weighted by molar-refractivity contribution is 7.92. The second kappa shape index (κ2) is 7.90. The van der Waals surface area contributed by atoms with Crippen molar-refractivity contribution in [3.05, 3.63) is 75.8 Å². The smallest absolute Gasteiger partial charge is 0.324 e. The fourth-order valence-corrected chi connectivity index (χ4v) is 4.65. The van der Waals surface area contributed by atoms with Crippen LogP contribution in [0.4, 0.5) is 13.2 Å².